The van der Waals surface area contributed by atoms with E-state index in [1.807, 2.05) is 0 Å². The highest BCUT2D eigenvalue weighted by atomic mass is 16.5. The second kappa shape index (κ2) is 6.85. The van der Waals surface area contributed by atoms with E-state index < -0.39 is 0 Å². The Morgan fingerprint density at radius 1 is 1.32 bits per heavy atom. The maximum atomic E-state index is 5.42. The molecule has 0 amide bonds. The standard InChI is InChI=1S/C15H25N3O/c1-4-16-14-10-13(9-11(2)3)17-15(18-14)12-5-7-19-8-6-12/h10-12H,4-9H2,1-3H3,(H,16,17,18). The molecular formula is C15H25N3O. The average molecular weight is 263 g/mol. The van der Waals surface area contributed by atoms with E-state index in [-0.39, 0.29) is 0 Å². The number of anilines is 1. The fourth-order valence-electron chi connectivity index (χ4n) is 2.45. The van der Waals surface area contributed by atoms with Gasteiger partial charge in [0.05, 0.1) is 0 Å². The van der Waals surface area contributed by atoms with Crippen molar-refractivity contribution < 1.29 is 4.74 Å². The molecule has 4 nitrogen and oxygen atoms in total. The quantitative estimate of drug-likeness (QED) is 0.887. The molecule has 0 aromatic carbocycles. The molecule has 2 rings (SSSR count). The fourth-order valence-corrected chi connectivity index (χ4v) is 2.45. The first-order chi connectivity index (χ1) is 9.19. The van der Waals surface area contributed by atoms with Gasteiger partial charge in [-0.15, -0.1) is 0 Å². The highest BCUT2D eigenvalue weighted by Crippen LogP contribution is 2.25. The monoisotopic (exact) mass is 263 g/mol. The van der Waals surface area contributed by atoms with E-state index in [0.29, 0.717) is 11.8 Å². The van der Waals surface area contributed by atoms with Crippen molar-refractivity contribution in [2.45, 2.75) is 46.0 Å². The van der Waals surface area contributed by atoms with Crippen LogP contribution in [0.2, 0.25) is 0 Å². The lowest BCUT2D eigenvalue weighted by atomic mass is 9.99. The SMILES string of the molecule is CCNc1cc(CC(C)C)nc(C2CCOCC2)n1. The molecule has 1 saturated heterocycles. The van der Waals surface area contributed by atoms with Crippen LogP contribution in [0.3, 0.4) is 0 Å². The van der Waals surface area contributed by atoms with Gasteiger partial charge >= 0.3 is 0 Å². The largest absolute Gasteiger partial charge is 0.381 e. The first-order valence-corrected chi connectivity index (χ1v) is 7.38. The molecule has 106 valence electrons. The van der Waals surface area contributed by atoms with Gasteiger partial charge in [-0.2, -0.15) is 0 Å². The topological polar surface area (TPSA) is 47.0 Å². The molecular weight excluding hydrogens is 238 g/mol. The van der Waals surface area contributed by atoms with Crippen molar-refractivity contribution in [2.75, 3.05) is 25.1 Å². The van der Waals surface area contributed by atoms with Crippen LogP contribution in [0.5, 0.6) is 0 Å². The van der Waals surface area contributed by atoms with E-state index >= 15 is 0 Å². The highest BCUT2D eigenvalue weighted by Gasteiger charge is 2.20. The van der Waals surface area contributed by atoms with E-state index in [2.05, 4.69) is 37.1 Å². The van der Waals surface area contributed by atoms with Gasteiger partial charge < -0.3 is 10.1 Å². The molecule has 0 aliphatic carbocycles. The van der Waals surface area contributed by atoms with Crippen LogP contribution >= 0.6 is 0 Å². The van der Waals surface area contributed by atoms with Crippen LogP contribution in [-0.2, 0) is 11.2 Å². The van der Waals surface area contributed by atoms with Crippen molar-refractivity contribution >= 4 is 5.82 Å². The molecule has 0 bridgehead atoms. The van der Waals surface area contributed by atoms with E-state index in [9.17, 15) is 0 Å². The zero-order valence-electron chi connectivity index (χ0n) is 12.3. The lowest BCUT2D eigenvalue weighted by molar-refractivity contribution is 0.0835. The lowest BCUT2D eigenvalue weighted by Crippen LogP contribution is -2.18. The second-order valence-corrected chi connectivity index (χ2v) is 5.62. The van der Waals surface area contributed by atoms with Gasteiger partial charge in [-0.05, 0) is 32.1 Å². The Morgan fingerprint density at radius 2 is 2.05 bits per heavy atom. The highest BCUT2D eigenvalue weighted by molar-refractivity contribution is 5.36. The molecule has 1 aromatic heterocycles. The van der Waals surface area contributed by atoms with E-state index in [4.69, 9.17) is 9.72 Å². The van der Waals surface area contributed by atoms with Gasteiger partial charge in [0.1, 0.15) is 11.6 Å². The molecule has 0 saturated carbocycles. The minimum atomic E-state index is 0.457. The van der Waals surface area contributed by atoms with Crippen LogP contribution in [0.4, 0.5) is 5.82 Å². The summed E-state index contributed by atoms with van der Waals surface area (Å²) < 4.78 is 5.42. The van der Waals surface area contributed by atoms with Crippen LogP contribution in [-0.4, -0.2) is 29.7 Å². The minimum absolute atomic E-state index is 0.457. The average Bonchev–Trinajstić information content (AvgIpc) is 2.39. The van der Waals surface area contributed by atoms with Crippen LogP contribution in [0, 0.1) is 5.92 Å². The Hall–Kier alpha value is -1.16. The van der Waals surface area contributed by atoms with Gasteiger partial charge in [0.25, 0.3) is 0 Å². The summed E-state index contributed by atoms with van der Waals surface area (Å²) in [5, 5.41) is 3.32. The molecule has 4 heteroatoms. The molecule has 0 spiro atoms. The number of nitrogens with one attached hydrogen (secondary N) is 1. The summed E-state index contributed by atoms with van der Waals surface area (Å²) in [5.41, 5.74) is 1.16. The normalized spacial score (nSPS) is 16.8. The Morgan fingerprint density at radius 3 is 2.68 bits per heavy atom. The minimum Gasteiger partial charge on any atom is -0.381 e. The molecule has 19 heavy (non-hydrogen) atoms. The summed E-state index contributed by atoms with van der Waals surface area (Å²) in [6, 6.07) is 2.09. The third-order valence-electron chi connectivity index (χ3n) is 3.36. The van der Waals surface area contributed by atoms with Crippen molar-refractivity contribution in [3.05, 3.63) is 17.6 Å². The van der Waals surface area contributed by atoms with Crippen LogP contribution < -0.4 is 5.32 Å². The van der Waals surface area contributed by atoms with Crippen LogP contribution in [0.1, 0.15) is 51.0 Å². The molecule has 1 aliphatic heterocycles. The van der Waals surface area contributed by atoms with Crippen LogP contribution in [0.15, 0.2) is 6.07 Å². The van der Waals surface area contributed by atoms with Gasteiger partial charge in [-0.25, -0.2) is 9.97 Å². The van der Waals surface area contributed by atoms with Crippen molar-refractivity contribution in [1.82, 2.24) is 9.97 Å². The Kier molecular flexibility index (Phi) is 5.14. The third kappa shape index (κ3) is 4.16. The maximum absolute atomic E-state index is 5.42. The van der Waals surface area contributed by atoms with Gasteiger partial charge in [0.15, 0.2) is 0 Å². The number of nitrogens with zero attached hydrogens (tertiary/aromatic N) is 2. The summed E-state index contributed by atoms with van der Waals surface area (Å²) in [7, 11) is 0. The summed E-state index contributed by atoms with van der Waals surface area (Å²) in [6.45, 7) is 9.11. The van der Waals surface area contributed by atoms with Crippen molar-refractivity contribution in [3.63, 3.8) is 0 Å². The Bertz CT molecular complexity index is 400. The smallest absolute Gasteiger partial charge is 0.134 e. The fraction of sp³-hybridized carbons (Fsp3) is 0.733. The number of hydrogen-bond acceptors (Lipinski definition) is 4. The first-order valence-electron chi connectivity index (χ1n) is 7.38. The van der Waals surface area contributed by atoms with Gasteiger partial charge in [-0.1, -0.05) is 13.8 Å². The molecule has 1 fully saturated rings. The maximum Gasteiger partial charge on any atom is 0.134 e. The summed E-state index contributed by atoms with van der Waals surface area (Å²) >= 11 is 0. The first kappa shape index (κ1) is 14.3. The number of ether oxygens (including phenoxy) is 1. The molecule has 1 aromatic rings. The number of rotatable bonds is 5. The third-order valence-corrected chi connectivity index (χ3v) is 3.36. The Balaban J connectivity index is 2.21. The van der Waals surface area contributed by atoms with Gasteiger partial charge in [0.2, 0.25) is 0 Å². The molecule has 1 N–H and O–H groups in total. The molecule has 0 atom stereocenters. The zero-order valence-corrected chi connectivity index (χ0v) is 12.3. The predicted molar refractivity (Wildman–Crippen MR) is 77.5 cm³/mol. The van der Waals surface area contributed by atoms with E-state index in [1.54, 1.807) is 0 Å². The Labute approximate surface area is 116 Å². The molecule has 1 aliphatic rings. The van der Waals surface area contributed by atoms with E-state index in [0.717, 1.165) is 56.4 Å². The second-order valence-electron chi connectivity index (χ2n) is 5.62. The predicted octanol–water partition coefficient (Wildman–Crippen LogP) is 3.00. The van der Waals surface area contributed by atoms with Crippen molar-refractivity contribution in [1.29, 1.82) is 0 Å². The van der Waals surface area contributed by atoms with Crippen LogP contribution in [0.25, 0.3) is 0 Å². The molecule has 0 radical (unpaired) electrons. The number of aromatic nitrogens is 2. The zero-order chi connectivity index (χ0) is 13.7. The van der Waals surface area contributed by atoms with Gasteiger partial charge in [0, 0.05) is 37.4 Å². The van der Waals surface area contributed by atoms with Crippen molar-refractivity contribution in [2.24, 2.45) is 5.92 Å². The summed E-state index contributed by atoms with van der Waals surface area (Å²) in [6.07, 6.45) is 3.09. The van der Waals surface area contributed by atoms with Gasteiger partial charge in [-0.3, -0.25) is 0 Å². The molecule has 0 unspecified atom stereocenters. The van der Waals surface area contributed by atoms with E-state index in [1.165, 1.54) is 0 Å². The lowest BCUT2D eigenvalue weighted by Gasteiger charge is -2.22. The summed E-state index contributed by atoms with van der Waals surface area (Å²) in [4.78, 5) is 9.45. The van der Waals surface area contributed by atoms with Crippen molar-refractivity contribution in [3.8, 4) is 0 Å². The molecule has 2 heterocycles. The number of hydrogen-bond donors (Lipinski definition) is 1. The summed E-state index contributed by atoms with van der Waals surface area (Å²) in [5.74, 6) is 3.04.